The van der Waals surface area contributed by atoms with E-state index in [1.165, 1.54) is 12.1 Å². The van der Waals surface area contributed by atoms with Crippen molar-refractivity contribution >= 4 is 5.91 Å². The van der Waals surface area contributed by atoms with Crippen LogP contribution in [-0.2, 0) is 4.79 Å². The molecule has 0 saturated heterocycles. The number of carbonyl (C=O) groups is 1. The van der Waals surface area contributed by atoms with Gasteiger partial charge < -0.3 is 15.8 Å². The number of hydrogen-bond acceptors (Lipinski definition) is 3. The number of hydrogen-bond donors (Lipinski definition) is 2. The summed E-state index contributed by atoms with van der Waals surface area (Å²) in [4.78, 5) is 11.9. The molecule has 112 valence electrons. The molecular formula is C15H23FN2O2. The van der Waals surface area contributed by atoms with Gasteiger partial charge in [0.25, 0.3) is 0 Å². The summed E-state index contributed by atoms with van der Waals surface area (Å²) < 4.78 is 18.3. The van der Waals surface area contributed by atoms with E-state index in [9.17, 15) is 9.18 Å². The molecule has 1 amide bonds. The molecule has 0 spiro atoms. The summed E-state index contributed by atoms with van der Waals surface area (Å²) in [6.45, 7) is 5.89. The maximum Gasteiger partial charge on any atom is 0.239 e. The van der Waals surface area contributed by atoms with Crippen molar-refractivity contribution in [3.05, 3.63) is 30.1 Å². The Labute approximate surface area is 119 Å². The second-order valence-electron chi connectivity index (χ2n) is 5.26. The van der Waals surface area contributed by atoms with E-state index in [1.807, 2.05) is 13.8 Å². The first kappa shape index (κ1) is 16.4. The molecule has 1 aromatic carbocycles. The van der Waals surface area contributed by atoms with Gasteiger partial charge >= 0.3 is 0 Å². The molecule has 2 atom stereocenters. The number of nitrogens with two attached hydrogens (primary N) is 1. The summed E-state index contributed by atoms with van der Waals surface area (Å²) in [6.07, 6.45) is 1.26. The lowest BCUT2D eigenvalue weighted by Gasteiger charge is -2.24. The standard InChI is InChI=1S/C15H23FN2O2/c1-4-9-15(3,17)14(19)18-10-11(2)20-13-7-5-12(16)6-8-13/h5-8,11H,4,9-10,17H2,1-3H3,(H,18,19). The monoisotopic (exact) mass is 282 g/mol. The van der Waals surface area contributed by atoms with Crippen LogP contribution >= 0.6 is 0 Å². The molecule has 0 aromatic heterocycles. The molecule has 0 saturated carbocycles. The number of rotatable bonds is 7. The zero-order chi connectivity index (χ0) is 15.2. The summed E-state index contributed by atoms with van der Waals surface area (Å²) in [5.74, 6) is 0.0721. The molecule has 0 heterocycles. The van der Waals surface area contributed by atoms with Crippen molar-refractivity contribution in [1.82, 2.24) is 5.32 Å². The van der Waals surface area contributed by atoms with Gasteiger partial charge in [-0.05, 0) is 44.5 Å². The number of halogens is 1. The van der Waals surface area contributed by atoms with E-state index in [1.54, 1.807) is 19.1 Å². The van der Waals surface area contributed by atoms with Crippen molar-refractivity contribution in [3.8, 4) is 5.75 Å². The van der Waals surface area contributed by atoms with Crippen LogP contribution in [0, 0.1) is 5.82 Å². The zero-order valence-electron chi connectivity index (χ0n) is 12.3. The third-order valence-electron chi connectivity index (χ3n) is 2.99. The van der Waals surface area contributed by atoms with Crippen LogP contribution in [0.2, 0.25) is 0 Å². The van der Waals surface area contributed by atoms with Crippen LogP contribution in [-0.4, -0.2) is 24.1 Å². The maximum atomic E-state index is 12.8. The molecule has 0 radical (unpaired) electrons. The molecule has 1 rings (SSSR count). The minimum Gasteiger partial charge on any atom is -0.489 e. The second-order valence-corrected chi connectivity index (χ2v) is 5.26. The fraction of sp³-hybridized carbons (Fsp3) is 0.533. The van der Waals surface area contributed by atoms with E-state index in [4.69, 9.17) is 10.5 Å². The van der Waals surface area contributed by atoms with Gasteiger partial charge in [-0.15, -0.1) is 0 Å². The summed E-state index contributed by atoms with van der Waals surface area (Å²) in [5.41, 5.74) is 5.07. The molecule has 1 aromatic rings. The number of ether oxygens (including phenoxy) is 1. The lowest BCUT2D eigenvalue weighted by atomic mass is 9.96. The van der Waals surface area contributed by atoms with Gasteiger partial charge in [0.05, 0.1) is 12.1 Å². The average Bonchev–Trinajstić information content (AvgIpc) is 2.38. The van der Waals surface area contributed by atoms with Crippen molar-refractivity contribution in [3.63, 3.8) is 0 Å². The smallest absolute Gasteiger partial charge is 0.239 e. The normalized spacial score (nSPS) is 15.2. The summed E-state index contributed by atoms with van der Waals surface area (Å²) in [5, 5.41) is 2.78. The Bertz CT molecular complexity index is 432. The highest BCUT2D eigenvalue weighted by Crippen LogP contribution is 2.13. The minimum absolute atomic E-state index is 0.186. The topological polar surface area (TPSA) is 64.4 Å². The average molecular weight is 282 g/mol. The van der Waals surface area contributed by atoms with E-state index in [0.29, 0.717) is 18.7 Å². The van der Waals surface area contributed by atoms with Crippen molar-refractivity contribution < 1.29 is 13.9 Å². The molecule has 0 aliphatic heterocycles. The van der Waals surface area contributed by atoms with Crippen LogP contribution in [0.3, 0.4) is 0 Å². The van der Waals surface area contributed by atoms with Gasteiger partial charge in [0.15, 0.2) is 0 Å². The Hall–Kier alpha value is -1.62. The fourth-order valence-corrected chi connectivity index (χ4v) is 1.86. The third kappa shape index (κ3) is 5.17. The van der Waals surface area contributed by atoms with Crippen LogP contribution in [0.1, 0.15) is 33.6 Å². The third-order valence-corrected chi connectivity index (χ3v) is 2.99. The highest BCUT2D eigenvalue weighted by molar-refractivity contribution is 5.85. The molecule has 20 heavy (non-hydrogen) atoms. The fourth-order valence-electron chi connectivity index (χ4n) is 1.86. The SMILES string of the molecule is CCCC(C)(N)C(=O)NCC(C)Oc1ccc(F)cc1. The molecule has 0 aliphatic carbocycles. The zero-order valence-corrected chi connectivity index (χ0v) is 12.3. The lowest BCUT2D eigenvalue weighted by molar-refractivity contribution is -0.126. The Balaban J connectivity index is 2.41. The molecule has 4 nitrogen and oxygen atoms in total. The second kappa shape index (κ2) is 7.24. The van der Waals surface area contributed by atoms with Crippen molar-refractivity contribution in [1.29, 1.82) is 0 Å². The largest absolute Gasteiger partial charge is 0.489 e. The number of amides is 1. The van der Waals surface area contributed by atoms with Crippen molar-refractivity contribution in [2.24, 2.45) is 5.73 Å². The Morgan fingerprint density at radius 2 is 2.05 bits per heavy atom. The van der Waals surface area contributed by atoms with Gasteiger partial charge in [-0.25, -0.2) is 4.39 Å². The highest BCUT2D eigenvalue weighted by atomic mass is 19.1. The van der Waals surface area contributed by atoms with Gasteiger partial charge in [-0.3, -0.25) is 4.79 Å². The Morgan fingerprint density at radius 3 is 2.60 bits per heavy atom. The van der Waals surface area contributed by atoms with E-state index in [2.05, 4.69) is 5.32 Å². The van der Waals surface area contributed by atoms with Gasteiger partial charge in [-0.2, -0.15) is 0 Å². The van der Waals surface area contributed by atoms with E-state index in [0.717, 1.165) is 6.42 Å². The van der Waals surface area contributed by atoms with Crippen LogP contribution < -0.4 is 15.8 Å². The summed E-state index contributed by atoms with van der Waals surface area (Å²) in [6, 6.07) is 5.77. The highest BCUT2D eigenvalue weighted by Gasteiger charge is 2.27. The predicted molar refractivity (Wildman–Crippen MR) is 77.0 cm³/mol. The van der Waals surface area contributed by atoms with Crippen LogP contribution in [0.15, 0.2) is 24.3 Å². The van der Waals surface area contributed by atoms with E-state index in [-0.39, 0.29) is 17.8 Å². The molecule has 0 aliphatic rings. The number of benzene rings is 1. The first-order valence-corrected chi connectivity index (χ1v) is 6.84. The van der Waals surface area contributed by atoms with Gasteiger partial charge in [0, 0.05) is 0 Å². The molecule has 5 heteroatoms. The van der Waals surface area contributed by atoms with Crippen molar-refractivity contribution in [2.75, 3.05) is 6.54 Å². The molecule has 2 unspecified atom stereocenters. The summed E-state index contributed by atoms with van der Waals surface area (Å²) >= 11 is 0. The predicted octanol–water partition coefficient (Wildman–Crippen LogP) is 2.23. The Kier molecular flexibility index (Phi) is 5.95. The molecule has 3 N–H and O–H groups in total. The van der Waals surface area contributed by atoms with Gasteiger partial charge in [-0.1, -0.05) is 13.3 Å². The van der Waals surface area contributed by atoms with Gasteiger partial charge in [0.2, 0.25) is 5.91 Å². The van der Waals surface area contributed by atoms with Gasteiger partial charge in [0.1, 0.15) is 17.7 Å². The van der Waals surface area contributed by atoms with Crippen LogP contribution in [0.5, 0.6) is 5.75 Å². The minimum atomic E-state index is -0.857. The van der Waals surface area contributed by atoms with Crippen LogP contribution in [0.4, 0.5) is 4.39 Å². The van der Waals surface area contributed by atoms with E-state index < -0.39 is 5.54 Å². The number of nitrogens with one attached hydrogen (secondary N) is 1. The summed E-state index contributed by atoms with van der Waals surface area (Å²) in [7, 11) is 0. The lowest BCUT2D eigenvalue weighted by Crippen LogP contribution is -2.53. The molecule has 0 fully saturated rings. The van der Waals surface area contributed by atoms with E-state index >= 15 is 0 Å². The first-order valence-electron chi connectivity index (χ1n) is 6.84. The first-order chi connectivity index (χ1) is 9.35. The molecular weight excluding hydrogens is 259 g/mol. The van der Waals surface area contributed by atoms with Crippen LogP contribution in [0.25, 0.3) is 0 Å². The quantitative estimate of drug-likeness (QED) is 0.806. The number of carbonyl (C=O) groups excluding carboxylic acids is 1. The Morgan fingerprint density at radius 1 is 1.45 bits per heavy atom. The molecule has 0 bridgehead atoms. The maximum absolute atomic E-state index is 12.8. The van der Waals surface area contributed by atoms with Crippen molar-refractivity contribution in [2.45, 2.75) is 45.3 Å².